The van der Waals surface area contributed by atoms with Crippen LogP contribution in [0.25, 0.3) is 22.1 Å². The number of hydrogen-bond donors (Lipinski definition) is 1. The lowest BCUT2D eigenvalue weighted by Crippen LogP contribution is -2.12. The fourth-order valence-electron chi connectivity index (χ4n) is 2.06. The van der Waals surface area contributed by atoms with Crippen molar-refractivity contribution in [2.45, 2.75) is 6.92 Å². The van der Waals surface area contributed by atoms with E-state index in [9.17, 15) is 4.79 Å². The topological polar surface area (TPSA) is 68.9 Å². The summed E-state index contributed by atoms with van der Waals surface area (Å²) < 4.78 is 0. The summed E-state index contributed by atoms with van der Waals surface area (Å²) in [5.41, 5.74) is 9.67. The van der Waals surface area contributed by atoms with Crippen LogP contribution in [0.15, 0.2) is 36.4 Å². The van der Waals surface area contributed by atoms with Gasteiger partial charge in [0.05, 0.1) is 22.1 Å². The summed E-state index contributed by atoms with van der Waals surface area (Å²) >= 11 is 0. The van der Waals surface area contributed by atoms with Gasteiger partial charge in [0, 0.05) is 0 Å². The minimum Gasteiger partial charge on any atom is -0.366 e. The molecule has 1 aromatic heterocycles. The second kappa shape index (κ2) is 3.77. The van der Waals surface area contributed by atoms with Crippen LogP contribution in [0.4, 0.5) is 0 Å². The van der Waals surface area contributed by atoms with Crippen LogP contribution in [-0.2, 0) is 0 Å². The third-order valence-corrected chi connectivity index (χ3v) is 2.96. The summed E-state index contributed by atoms with van der Waals surface area (Å²) in [6.45, 7) is 1.97. The number of rotatable bonds is 1. The van der Waals surface area contributed by atoms with Crippen molar-refractivity contribution in [2.75, 3.05) is 0 Å². The standard InChI is InChI=1S/C14H11N3O/c1-8-4-2-6-10-12(8)17-13-9(14(15)18)5-3-7-11(13)16-10/h2-7H,1H3,(H2,15,18). The van der Waals surface area contributed by atoms with Gasteiger partial charge in [-0.1, -0.05) is 18.2 Å². The monoisotopic (exact) mass is 237 g/mol. The summed E-state index contributed by atoms with van der Waals surface area (Å²) in [4.78, 5) is 20.4. The van der Waals surface area contributed by atoms with Gasteiger partial charge in [-0.15, -0.1) is 0 Å². The maximum Gasteiger partial charge on any atom is 0.250 e. The molecule has 0 spiro atoms. The Bertz CT molecular complexity index is 780. The highest BCUT2D eigenvalue weighted by Gasteiger charge is 2.10. The molecule has 0 radical (unpaired) electrons. The fourth-order valence-corrected chi connectivity index (χ4v) is 2.06. The molecule has 0 saturated carbocycles. The average Bonchev–Trinajstić information content (AvgIpc) is 2.36. The number of benzene rings is 2. The number of fused-ring (bicyclic) bond motifs is 2. The van der Waals surface area contributed by atoms with Crippen molar-refractivity contribution in [3.8, 4) is 0 Å². The molecule has 4 heteroatoms. The minimum absolute atomic E-state index is 0.408. The molecule has 1 amide bonds. The van der Waals surface area contributed by atoms with Crippen molar-refractivity contribution in [2.24, 2.45) is 5.73 Å². The number of nitrogens with zero attached hydrogens (tertiary/aromatic N) is 2. The van der Waals surface area contributed by atoms with Crippen LogP contribution in [0.3, 0.4) is 0 Å². The fraction of sp³-hybridized carbons (Fsp3) is 0.0714. The highest BCUT2D eigenvalue weighted by molar-refractivity contribution is 6.05. The number of primary amides is 1. The van der Waals surface area contributed by atoms with Crippen LogP contribution in [0.5, 0.6) is 0 Å². The average molecular weight is 237 g/mol. The Morgan fingerprint density at radius 1 is 1.00 bits per heavy atom. The third-order valence-electron chi connectivity index (χ3n) is 2.96. The smallest absolute Gasteiger partial charge is 0.250 e. The molecule has 0 atom stereocenters. The number of para-hydroxylation sites is 2. The Morgan fingerprint density at radius 3 is 2.39 bits per heavy atom. The van der Waals surface area contributed by atoms with Gasteiger partial charge in [-0.05, 0) is 30.7 Å². The Kier molecular flexibility index (Phi) is 2.23. The van der Waals surface area contributed by atoms with E-state index in [1.165, 1.54) is 0 Å². The first-order chi connectivity index (χ1) is 8.66. The largest absolute Gasteiger partial charge is 0.366 e. The van der Waals surface area contributed by atoms with E-state index < -0.39 is 5.91 Å². The molecule has 4 nitrogen and oxygen atoms in total. The van der Waals surface area contributed by atoms with Gasteiger partial charge in [0.15, 0.2) is 0 Å². The molecule has 0 aliphatic heterocycles. The Hall–Kier alpha value is -2.49. The molecule has 0 unspecified atom stereocenters. The Labute approximate surface area is 103 Å². The SMILES string of the molecule is Cc1cccc2nc3cccc(C(N)=O)c3nc12. The molecule has 1 heterocycles. The van der Waals surface area contributed by atoms with E-state index in [1.54, 1.807) is 12.1 Å². The zero-order chi connectivity index (χ0) is 12.7. The Balaban J connectivity index is 2.50. The van der Waals surface area contributed by atoms with E-state index in [0.29, 0.717) is 16.6 Å². The second-order valence-corrected chi connectivity index (χ2v) is 4.20. The maximum atomic E-state index is 11.4. The number of hydrogen-bond acceptors (Lipinski definition) is 3. The first-order valence-electron chi connectivity index (χ1n) is 5.63. The number of nitrogens with two attached hydrogens (primary N) is 1. The zero-order valence-corrected chi connectivity index (χ0v) is 9.84. The number of amides is 1. The molecule has 0 aliphatic rings. The molecule has 18 heavy (non-hydrogen) atoms. The van der Waals surface area contributed by atoms with E-state index >= 15 is 0 Å². The first-order valence-corrected chi connectivity index (χ1v) is 5.63. The van der Waals surface area contributed by atoms with Gasteiger partial charge in [-0.25, -0.2) is 9.97 Å². The van der Waals surface area contributed by atoms with Gasteiger partial charge in [0.1, 0.15) is 5.52 Å². The van der Waals surface area contributed by atoms with Crippen LogP contribution in [0.1, 0.15) is 15.9 Å². The summed E-state index contributed by atoms with van der Waals surface area (Å²) in [7, 11) is 0. The van der Waals surface area contributed by atoms with Crippen LogP contribution in [0.2, 0.25) is 0 Å². The lowest BCUT2D eigenvalue weighted by Gasteiger charge is -2.05. The lowest BCUT2D eigenvalue weighted by atomic mass is 10.1. The number of aromatic nitrogens is 2. The first kappa shape index (κ1) is 10.7. The minimum atomic E-state index is -0.483. The van der Waals surface area contributed by atoms with Crippen LogP contribution >= 0.6 is 0 Å². The van der Waals surface area contributed by atoms with Crippen LogP contribution < -0.4 is 5.73 Å². The zero-order valence-electron chi connectivity index (χ0n) is 9.84. The van der Waals surface area contributed by atoms with Gasteiger partial charge in [0.2, 0.25) is 0 Å². The van der Waals surface area contributed by atoms with Gasteiger partial charge < -0.3 is 5.73 Å². The van der Waals surface area contributed by atoms with Crippen LogP contribution in [0, 0.1) is 6.92 Å². The van der Waals surface area contributed by atoms with Gasteiger partial charge in [-0.3, -0.25) is 4.79 Å². The molecule has 2 aromatic carbocycles. The molecule has 0 fully saturated rings. The Morgan fingerprint density at radius 2 is 1.67 bits per heavy atom. The molecule has 0 aliphatic carbocycles. The van der Waals surface area contributed by atoms with E-state index in [4.69, 9.17) is 5.73 Å². The van der Waals surface area contributed by atoms with Crippen molar-refractivity contribution in [3.63, 3.8) is 0 Å². The summed E-state index contributed by atoms with van der Waals surface area (Å²) in [6.07, 6.45) is 0. The van der Waals surface area contributed by atoms with Crippen molar-refractivity contribution in [3.05, 3.63) is 47.5 Å². The number of carbonyl (C=O) groups is 1. The highest BCUT2D eigenvalue weighted by Crippen LogP contribution is 2.21. The maximum absolute atomic E-state index is 11.4. The predicted molar refractivity (Wildman–Crippen MR) is 70.3 cm³/mol. The number of carbonyl (C=O) groups excluding carboxylic acids is 1. The molecule has 88 valence electrons. The van der Waals surface area contributed by atoms with Crippen molar-refractivity contribution in [1.82, 2.24) is 9.97 Å². The number of aryl methyl sites for hydroxylation is 1. The molecular weight excluding hydrogens is 226 g/mol. The summed E-state index contributed by atoms with van der Waals surface area (Å²) in [6, 6.07) is 11.1. The third kappa shape index (κ3) is 1.50. The highest BCUT2D eigenvalue weighted by atomic mass is 16.1. The van der Waals surface area contributed by atoms with Gasteiger partial charge in [0.25, 0.3) is 5.91 Å². The van der Waals surface area contributed by atoms with E-state index in [-0.39, 0.29) is 0 Å². The van der Waals surface area contributed by atoms with Crippen molar-refractivity contribution in [1.29, 1.82) is 0 Å². The van der Waals surface area contributed by atoms with E-state index in [1.807, 2.05) is 31.2 Å². The molecular formula is C14H11N3O. The lowest BCUT2D eigenvalue weighted by molar-refractivity contribution is 0.100. The molecule has 0 saturated heterocycles. The van der Waals surface area contributed by atoms with E-state index in [0.717, 1.165) is 16.6 Å². The van der Waals surface area contributed by atoms with Gasteiger partial charge >= 0.3 is 0 Å². The second-order valence-electron chi connectivity index (χ2n) is 4.20. The molecule has 3 aromatic rings. The predicted octanol–water partition coefficient (Wildman–Crippen LogP) is 2.19. The van der Waals surface area contributed by atoms with Crippen molar-refractivity contribution < 1.29 is 4.79 Å². The molecule has 2 N–H and O–H groups in total. The quantitative estimate of drug-likeness (QED) is 0.659. The van der Waals surface area contributed by atoms with Crippen molar-refractivity contribution >= 4 is 28.0 Å². The van der Waals surface area contributed by atoms with Crippen LogP contribution in [-0.4, -0.2) is 15.9 Å². The van der Waals surface area contributed by atoms with E-state index in [2.05, 4.69) is 9.97 Å². The summed E-state index contributed by atoms with van der Waals surface area (Å²) in [5, 5.41) is 0. The van der Waals surface area contributed by atoms with Gasteiger partial charge in [-0.2, -0.15) is 0 Å². The summed E-state index contributed by atoms with van der Waals surface area (Å²) in [5.74, 6) is -0.483. The normalized spacial score (nSPS) is 10.9. The molecule has 0 bridgehead atoms. The molecule has 3 rings (SSSR count).